The second kappa shape index (κ2) is 4.54. The number of fused-ring (bicyclic) bond motifs is 1. The van der Waals surface area contributed by atoms with Gasteiger partial charge >= 0.3 is 0 Å². The number of carbonyl (C=O) groups excluding carboxylic acids is 1. The maximum absolute atomic E-state index is 11.2. The summed E-state index contributed by atoms with van der Waals surface area (Å²) in [4.78, 5) is 11.2. The highest BCUT2D eigenvalue weighted by atomic mass is 16.5. The molecule has 0 amide bonds. The summed E-state index contributed by atoms with van der Waals surface area (Å²) in [5.74, 6) is 0. The Morgan fingerprint density at radius 1 is 0.905 bits per heavy atom. The fraction of sp³-hybridized carbons (Fsp3) is 0.316. The van der Waals surface area contributed by atoms with Crippen LogP contribution in [-0.4, -0.2) is 6.29 Å². The molecule has 108 valence electrons. The first-order chi connectivity index (χ1) is 9.85. The van der Waals surface area contributed by atoms with Crippen molar-refractivity contribution >= 4 is 6.29 Å². The van der Waals surface area contributed by atoms with Crippen LogP contribution >= 0.6 is 0 Å². The van der Waals surface area contributed by atoms with E-state index in [1.807, 2.05) is 24.3 Å². The van der Waals surface area contributed by atoms with Crippen LogP contribution in [0.25, 0.3) is 11.1 Å². The number of hydrogen-bond acceptors (Lipinski definition) is 2. The Hall–Kier alpha value is -1.93. The maximum Gasteiger partial charge on any atom is 0.150 e. The number of rotatable bonds is 2. The Kier molecular flexibility index (Phi) is 3.03. The molecule has 2 aromatic carbocycles. The zero-order valence-corrected chi connectivity index (χ0v) is 12.9. The van der Waals surface area contributed by atoms with Crippen molar-refractivity contribution in [3.63, 3.8) is 0 Å². The van der Waals surface area contributed by atoms with E-state index in [1.165, 1.54) is 11.1 Å². The van der Waals surface area contributed by atoms with Crippen molar-refractivity contribution in [2.24, 2.45) is 0 Å². The van der Waals surface area contributed by atoms with Crippen molar-refractivity contribution in [1.82, 2.24) is 0 Å². The molecule has 3 rings (SSSR count). The minimum absolute atomic E-state index is 0.276. The Morgan fingerprint density at radius 2 is 1.57 bits per heavy atom. The molecule has 0 bridgehead atoms. The van der Waals surface area contributed by atoms with E-state index in [1.54, 1.807) is 0 Å². The van der Waals surface area contributed by atoms with Crippen LogP contribution in [0.5, 0.6) is 0 Å². The molecule has 0 N–H and O–H groups in total. The monoisotopic (exact) mass is 280 g/mol. The highest BCUT2D eigenvalue weighted by Gasteiger charge is 2.42. The van der Waals surface area contributed by atoms with Gasteiger partial charge in [0.15, 0.2) is 6.29 Å². The van der Waals surface area contributed by atoms with Crippen LogP contribution in [0.3, 0.4) is 0 Å². The quantitative estimate of drug-likeness (QED) is 0.747. The van der Waals surface area contributed by atoms with Gasteiger partial charge < -0.3 is 4.74 Å². The van der Waals surface area contributed by atoms with E-state index in [0.29, 0.717) is 5.56 Å². The van der Waals surface area contributed by atoms with Crippen molar-refractivity contribution in [3.05, 3.63) is 59.2 Å². The normalized spacial score (nSPS) is 18.3. The lowest BCUT2D eigenvalue weighted by atomic mass is 9.87. The van der Waals surface area contributed by atoms with E-state index in [2.05, 4.69) is 45.9 Å². The second-order valence-corrected chi connectivity index (χ2v) is 6.59. The largest absolute Gasteiger partial charge is 0.360 e. The van der Waals surface area contributed by atoms with E-state index in [4.69, 9.17) is 4.74 Å². The number of hydrogen-bond donors (Lipinski definition) is 0. The van der Waals surface area contributed by atoms with Gasteiger partial charge in [-0.1, -0.05) is 36.4 Å². The highest BCUT2D eigenvalue weighted by molar-refractivity contribution is 5.87. The molecular weight excluding hydrogens is 260 g/mol. The Bertz CT molecular complexity index is 711. The fourth-order valence-corrected chi connectivity index (χ4v) is 3.35. The Labute approximate surface area is 125 Å². The summed E-state index contributed by atoms with van der Waals surface area (Å²) in [6, 6.07) is 14.0. The number of ether oxygens (including phenoxy) is 1. The molecule has 0 spiro atoms. The van der Waals surface area contributed by atoms with Gasteiger partial charge in [0, 0.05) is 5.56 Å². The molecule has 0 atom stereocenters. The zero-order chi connectivity index (χ0) is 15.3. The van der Waals surface area contributed by atoms with Gasteiger partial charge in [0.05, 0.1) is 11.2 Å². The first-order valence-electron chi connectivity index (χ1n) is 7.25. The third-order valence-corrected chi connectivity index (χ3v) is 4.23. The van der Waals surface area contributed by atoms with Crippen molar-refractivity contribution in [1.29, 1.82) is 0 Å². The lowest BCUT2D eigenvalue weighted by Crippen LogP contribution is -2.22. The minimum atomic E-state index is -0.315. The fourth-order valence-electron chi connectivity index (χ4n) is 3.35. The number of benzene rings is 2. The molecular formula is C19H20O2. The highest BCUT2D eigenvalue weighted by Crippen LogP contribution is 2.47. The molecule has 1 aliphatic rings. The molecule has 0 unspecified atom stereocenters. The van der Waals surface area contributed by atoms with E-state index in [-0.39, 0.29) is 11.2 Å². The number of aldehydes is 1. The summed E-state index contributed by atoms with van der Waals surface area (Å²) >= 11 is 0. The first kappa shape index (κ1) is 14.0. The summed E-state index contributed by atoms with van der Waals surface area (Å²) < 4.78 is 6.18. The third kappa shape index (κ3) is 2.20. The molecule has 2 nitrogen and oxygen atoms in total. The zero-order valence-electron chi connectivity index (χ0n) is 12.9. The van der Waals surface area contributed by atoms with Gasteiger partial charge in [-0.3, -0.25) is 4.79 Å². The van der Waals surface area contributed by atoms with Crippen LogP contribution in [-0.2, 0) is 15.9 Å². The summed E-state index contributed by atoms with van der Waals surface area (Å²) in [6.07, 6.45) is 0.911. The predicted molar refractivity (Wildman–Crippen MR) is 84.4 cm³/mol. The smallest absolute Gasteiger partial charge is 0.150 e. The second-order valence-electron chi connectivity index (χ2n) is 6.59. The molecule has 0 aromatic heterocycles. The average Bonchev–Trinajstić information content (AvgIpc) is 2.64. The standard InChI is InChI=1S/C19H20O2/c1-18(2)16-10-9-13(11-17(16)19(3,4)21-18)15-8-6-5-7-14(15)12-20/h5-12H,1-4H3. The Balaban J connectivity index is 2.19. The van der Waals surface area contributed by atoms with Gasteiger partial charge in [-0.25, -0.2) is 0 Å². The van der Waals surface area contributed by atoms with Crippen LogP contribution < -0.4 is 0 Å². The van der Waals surface area contributed by atoms with Gasteiger partial charge in [0.2, 0.25) is 0 Å². The summed E-state index contributed by atoms with van der Waals surface area (Å²) in [5, 5.41) is 0. The summed E-state index contributed by atoms with van der Waals surface area (Å²) in [7, 11) is 0. The van der Waals surface area contributed by atoms with Crippen LogP contribution in [0.4, 0.5) is 0 Å². The van der Waals surface area contributed by atoms with Crippen molar-refractivity contribution < 1.29 is 9.53 Å². The van der Waals surface area contributed by atoms with Crippen LogP contribution in [0, 0.1) is 0 Å². The van der Waals surface area contributed by atoms with Crippen molar-refractivity contribution in [2.45, 2.75) is 38.9 Å². The molecule has 1 heterocycles. The molecule has 1 aliphatic heterocycles. The lowest BCUT2D eigenvalue weighted by molar-refractivity contribution is -0.105. The van der Waals surface area contributed by atoms with Crippen molar-refractivity contribution in [3.8, 4) is 11.1 Å². The average molecular weight is 280 g/mol. The Morgan fingerprint density at radius 3 is 2.29 bits per heavy atom. The number of carbonyl (C=O) groups is 1. The SMILES string of the molecule is CC1(C)OC(C)(C)c2cc(-c3ccccc3C=O)ccc21. The molecule has 0 saturated carbocycles. The lowest BCUT2D eigenvalue weighted by Gasteiger charge is -2.24. The van der Waals surface area contributed by atoms with Gasteiger partial charge in [0.1, 0.15) is 0 Å². The maximum atomic E-state index is 11.2. The molecule has 2 aromatic rings. The van der Waals surface area contributed by atoms with E-state index >= 15 is 0 Å². The third-order valence-electron chi connectivity index (χ3n) is 4.23. The topological polar surface area (TPSA) is 26.3 Å². The van der Waals surface area contributed by atoms with Gasteiger partial charge in [-0.05, 0) is 56.0 Å². The minimum Gasteiger partial charge on any atom is -0.360 e. The molecule has 0 fully saturated rings. The molecule has 0 saturated heterocycles. The van der Waals surface area contributed by atoms with Gasteiger partial charge in [-0.15, -0.1) is 0 Å². The molecule has 21 heavy (non-hydrogen) atoms. The summed E-state index contributed by atoms with van der Waals surface area (Å²) in [6.45, 7) is 8.38. The van der Waals surface area contributed by atoms with Crippen molar-refractivity contribution in [2.75, 3.05) is 0 Å². The van der Waals surface area contributed by atoms with Crippen LogP contribution in [0.15, 0.2) is 42.5 Å². The summed E-state index contributed by atoms with van der Waals surface area (Å²) in [5.41, 5.74) is 4.58. The predicted octanol–water partition coefficient (Wildman–Crippen LogP) is 4.67. The van der Waals surface area contributed by atoms with Crippen LogP contribution in [0.1, 0.15) is 49.2 Å². The first-order valence-corrected chi connectivity index (χ1v) is 7.25. The molecule has 0 radical (unpaired) electrons. The van der Waals surface area contributed by atoms with E-state index in [9.17, 15) is 4.79 Å². The molecule has 2 heteroatoms. The van der Waals surface area contributed by atoms with E-state index < -0.39 is 0 Å². The van der Waals surface area contributed by atoms with E-state index in [0.717, 1.165) is 17.4 Å². The van der Waals surface area contributed by atoms with Gasteiger partial charge in [-0.2, -0.15) is 0 Å². The van der Waals surface area contributed by atoms with Crippen LogP contribution in [0.2, 0.25) is 0 Å². The molecule has 0 aliphatic carbocycles. The van der Waals surface area contributed by atoms with Gasteiger partial charge in [0.25, 0.3) is 0 Å².